The molecule has 1 N–H and O–H groups in total. The van der Waals surface area contributed by atoms with Crippen LogP contribution in [-0.2, 0) is 0 Å². The van der Waals surface area contributed by atoms with Gasteiger partial charge in [0.1, 0.15) is 0 Å². The largest absolute Gasteiger partial charge is 0.381 e. The van der Waals surface area contributed by atoms with Crippen molar-refractivity contribution in [2.75, 3.05) is 19.8 Å². The molecule has 0 aliphatic heterocycles. The van der Waals surface area contributed by atoms with E-state index in [4.69, 9.17) is 5.11 Å². The van der Waals surface area contributed by atoms with Crippen molar-refractivity contribution in [1.82, 2.24) is 4.90 Å². The number of hydrogen-bond acceptors (Lipinski definition) is 2. The summed E-state index contributed by atoms with van der Waals surface area (Å²) >= 11 is 0. The first-order valence-corrected chi connectivity index (χ1v) is 6.68. The minimum Gasteiger partial charge on any atom is -0.381 e. The lowest BCUT2D eigenvalue weighted by Gasteiger charge is -2.19. The molecule has 2 nitrogen and oxygen atoms in total. The van der Waals surface area contributed by atoms with E-state index in [1.807, 2.05) is 0 Å². The van der Waals surface area contributed by atoms with Crippen LogP contribution in [0, 0.1) is 0 Å². The Morgan fingerprint density at radius 3 is 1.53 bits per heavy atom. The Labute approximate surface area is 95.7 Å². The minimum absolute atomic E-state index is 0.234. The van der Waals surface area contributed by atoms with E-state index < -0.39 is 0 Å². The normalized spacial score (nSPS) is 11.2. The second-order valence-electron chi connectivity index (χ2n) is 4.38. The van der Waals surface area contributed by atoms with E-state index >= 15 is 0 Å². The lowest BCUT2D eigenvalue weighted by molar-refractivity contribution is 0.103. The average Bonchev–Trinajstić information content (AvgIpc) is 2.27. The van der Waals surface area contributed by atoms with Gasteiger partial charge in [-0.2, -0.15) is 0 Å². The molecular weight excluding hydrogens is 186 g/mol. The van der Waals surface area contributed by atoms with E-state index in [0.29, 0.717) is 0 Å². The summed E-state index contributed by atoms with van der Waals surface area (Å²) in [6, 6.07) is 0. The molecule has 0 aliphatic rings. The Morgan fingerprint density at radius 2 is 1.20 bits per heavy atom. The lowest BCUT2D eigenvalue weighted by atomic mass is 10.2. The second kappa shape index (κ2) is 12.0. The summed E-state index contributed by atoms with van der Waals surface area (Å²) in [5.41, 5.74) is 0. The van der Waals surface area contributed by atoms with Crippen molar-refractivity contribution in [1.29, 1.82) is 0 Å². The van der Waals surface area contributed by atoms with Crippen LogP contribution in [0.3, 0.4) is 0 Å². The smallest absolute Gasteiger partial charge is 0.0956 e. The summed E-state index contributed by atoms with van der Waals surface area (Å²) in [5, 5.41) is 9.17. The van der Waals surface area contributed by atoms with Crippen molar-refractivity contribution in [2.24, 2.45) is 0 Å². The second-order valence-corrected chi connectivity index (χ2v) is 4.38. The van der Waals surface area contributed by atoms with Crippen LogP contribution in [-0.4, -0.2) is 29.8 Å². The van der Waals surface area contributed by atoms with Gasteiger partial charge in [-0.1, -0.05) is 52.4 Å². The topological polar surface area (TPSA) is 23.5 Å². The van der Waals surface area contributed by atoms with Gasteiger partial charge in [-0.25, -0.2) is 0 Å². The lowest BCUT2D eigenvalue weighted by Crippen LogP contribution is -2.27. The highest BCUT2D eigenvalue weighted by Crippen LogP contribution is 2.04. The summed E-state index contributed by atoms with van der Waals surface area (Å²) in [6.45, 7) is 6.84. The summed E-state index contributed by atoms with van der Waals surface area (Å²) in [6.07, 6.45) is 10.3. The average molecular weight is 215 g/mol. The van der Waals surface area contributed by atoms with Crippen LogP contribution in [0.5, 0.6) is 0 Å². The van der Waals surface area contributed by atoms with Gasteiger partial charge in [0.2, 0.25) is 0 Å². The summed E-state index contributed by atoms with van der Waals surface area (Å²) < 4.78 is 0. The Balaban J connectivity index is 3.29. The molecule has 0 spiro atoms. The molecule has 0 fully saturated rings. The van der Waals surface area contributed by atoms with Crippen LogP contribution < -0.4 is 0 Å². The maximum atomic E-state index is 9.17. The van der Waals surface area contributed by atoms with Gasteiger partial charge >= 0.3 is 0 Å². The highest BCUT2D eigenvalue weighted by molar-refractivity contribution is 4.54. The first-order valence-electron chi connectivity index (χ1n) is 6.68. The van der Waals surface area contributed by atoms with Crippen molar-refractivity contribution >= 4 is 0 Å². The summed E-state index contributed by atoms with van der Waals surface area (Å²) in [7, 11) is 0. The number of nitrogens with zero attached hydrogens (tertiary/aromatic N) is 1. The molecule has 0 aliphatic carbocycles. The first-order chi connectivity index (χ1) is 7.35. The molecule has 0 unspecified atom stereocenters. The third-order valence-corrected chi connectivity index (χ3v) is 2.86. The minimum atomic E-state index is 0.234. The van der Waals surface area contributed by atoms with Crippen LogP contribution in [0.4, 0.5) is 0 Å². The van der Waals surface area contributed by atoms with Crippen molar-refractivity contribution in [3.05, 3.63) is 0 Å². The number of rotatable bonds is 11. The van der Waals surface area contributed by atoms with E-state index in [-0.39, 0.29) is 6.73 Å². The summed E-state index contributed by atoms with van der Waals surface area (Å²) in [4.78, 5) is 2.17. The van der Waals surface area contributed by atoms with E-state index in [9.17, 15) is 0 Å². The zero-order chi connectivity index (χ0) is 11.4. The fraction of sp³-hybridized carbons (Fsp3) is 1.00. The third-order valence-electron chi connectivity index (χ3n) is 2.86. The van der Waals surface area contributed by atoms with Crippen molar-refractivity contribution in [3.63, 3.8) is 0 Å². The molecule has 0 aromatic heterocycles. The van der Waals surface area contributed by atoms with E-state index in [1.165, 1.54) is 51.4 Å². The first kappa shape index (κ1) is 14.9. The predicted octanol–water partition coefficient (Wildman–Crippen LogP) is 3.40. The molecule has 0 saturated heterocycles. The molecule has 0 aromatic carbocycles. The molecule has 0 saturated carbocycles. The highest BCUT2D eigenvalue weighted by Gasteiger charge is 2.01. The number of aliphatic hydroxyl groups excluding tert-OH is 1. The van der Waals surface area contributed by atoms with E-state index in [2.05, 4.69) is 18.7 Å². The van der Waals surface area contributed by atoms with E-state index in [1.54, 1.807) is 0 Å². The standard InChI is InChI=1S/C13H29NO/c1-3-5-7-9-11-14(13-15)12-10-8-6-4-2/h15H,3-13H2,1-2H3. The number of unbranched alkanes of at least 4 members (excludes halogenated alkanes) is 6. The van der Waals surface area contributed by atoms with Crippen LogP contribution >= 0.6 is 0 Å². The third kappa shape index (κ3) is 10.2. The Morgan fingerprint density at radius 1 is 0.733 bits per heavy atom. The quantitative estimate of drug-likeness (QED) is 0.422. The molecule has 0 aromatic rings. The van der Waals surface area contributed by atoms with Gasteiger partial charge in [0.25, 0.3) is 0 Å². The molecule has 0 heterocycles. The Hall–Kier alpha value is -0.0800. The van der Waals surface area contributed by atoms with Gasteiger partial charge in [-0.05, 0) is 12.8 Å². The molecule has 92 valence electrons. The van der Waals surface area contributed by atoms with Crippen molar-refractivity contribution in [3.8, 4) is 0 Å². The molecular formula is C13H29NO. The van der Waals surface area contributed by atoms with Crippen molar-refractivity contribution in [2.45, 2.75) is 65.2 Å². The fourth-order valence-electron chi connectivity index (χ4n) is 1.78. The molecule has 0 amide bonds. The number of aliphatic hydroxyl groups is 1. The van der Waals surface area contributed by atoms with E-state index in [0.717, 1.165) is 13.1 Å². The predicted molar refractivity (Wildman–Crippen MR) is 66.9 cm³/mol. The van der Waals surface area contributed by atoms with Crippen LogP contribution in [0.15, 0.2) is 0 Å². The zero-order valence-corrected chi connectivity index (χ0v) is 10.7. The van der Waals surface area contributed by atoms with Crippen molar-refractivity contribution < 1.29 is 5.11 Å². The highest BCUT2D eigenvalue weighted by atomic mass is 16.3. The Bertz CT molecular complexity index is 105. The van der Waals surface area contributed by atoms with Gasteiger partial charge in [0.15, 0.2) is 0 Å². The van der Waals surface area contributed by atoms with Crippen LogP contribution in [0.25, 0.3) is 0 Å². The maximum absolute atomic E-state index is 9.17. The monoisotopic (exact) mass is 215 g/mol. The van der Waals surface area contributed by atoms with Gasteiger partial charge in [0.05, 0.1) is 6.73 Å². The Kier molecular flexibility index (Phi) is 11.9. The summed E-state index contributed by atoms with van der Waals surface area (Å²) in [5.74, 6) is 0. The SMILES string of the molecule is CCCCCCN(CO)CCCCCC. The fourth-order valence-corrected chi connectivity index (χ4v) is 1.78. The molecule has 15 heavy (non-hydrogen) atoms. The maximum Gasteiger partial charge on any atom is 0.0956 e. The zero-order valence-electron chi connectivity index (χ0n) is 10.7. The van der Waals surface area contributed by atoms with Crippen LogP contribution in [0.2, 0.25) is 0 Å². The number of hydrogen-bond donors (Lipinski definition) is 1. The molecule has 0 radical (unpaired) electrons. The van der Waals surface area contributed by atoms with Gasteiger partial charge in [-0.15, -0.1) is 0 Å². The molecule has 0 bridgehead atoms. The van der Waals surface area contributed by atoms with Gasteiger partial charge < -0.3 is 5.11 Å². The van der Waals surface area contributed by atoms with Gasteiger partial charge in [-0.3, -0.25) is 4.90 Å². The molecule has 0 atom stereocenters. The van der Waals surface area contributed by atoms with Crippen LogP contribution in [0.1, 0.15) is 65.2 Å². The molecule has 0 rings (SSSR count). The van der Waals surface area contributed by atoms with Gasteiger partial charge in [0, 0.05) is 13.1 Å². The molecule has 2 heteroatoms.